The highest BCUT2D eigenvalue weighted by Gasteiger charge is 2.15. The lowest BCUT2D eigenvalue weighted by Gasteiger charge is -2.00. The second-order valence-corrected chi connectivity index (χ2v) is 5.45. The number of carbonyl (C=O) groups is 1. The van der Waals surface area contributed by atoms with E-state index in [1.54, 1.807) is 0 Å². The molecule has 1 amide bonds. The Kier molecular flexibility index (Phi) is 4.87. The SMILES string of the molecule is CCc1nc(N)sc1C(=O)N/N=C\c1c(F)cccc1Cl. The van der Waals surface area contributed by atoms with Crippen LogP contribution in [0.2, 0.25) is 5.02 Å². The summed E-state index contributed by atoms with van der Waals surface area (Å²) in [5.74, 6) is -0.957. The maximum atomic E-state index is 13.5. The molecule has 3 N–H and O–H groups in total. The van der Waals surface area contributed by atoms with Crippen LogP contribution in [-0.4, -0.2) is 17.1 Å². The van der Waals surface area contributed by atoms with Crippen LogP contribution in [0.25, 0.3) is 0 Å². The predicted octanol–water partition coefficient (Wildman–Crippen LogP) is 2.84. The van der Waals surface area contributed by atoms with E-state index in [1.807, 2.05) is 6.92 Å². The maximum absolute atomic E-state index is 13.5. The molecule has 21 heavy (non-hydrogen) atoms. The number of rotatable bonds is 4. The van der Waals surface area contributed by atoms with Crippen molar-refractivity contribution >= 4 is 40.2 Å². The molecule has 0 atom stereocenters. The van der Waals surface area contributed by atoms with Crippen LogP contribution in [0.1, 0.15) is 27.9 Å². The molecule has 2 aromatic rings. The number of anilines is 1. The fourth-order valence-electron chi connectivity index (χ4n) is 1.63. The highest BCUT2D eigenvalue weighted by atomic mass is 35.5. The first-order valence-electron chi connectivity index (χ1n) is 6.05. The molecule has 1 heterocycles. The van der Waals surface area contributed by atoms with Crippen molar-refractivity contribution in [2.75, 3.05) is 5.73 Å². The number of thiazole rings is 1. The first-order valence-corrected chi connectivity index (χ1v) is 7.25. The number of halogens is 2. The lowest BCUT2D eigenvalue weighted by molar-refractivity contribution is 0.0958. The second-order valence-electron chi connectivity index (χ2n) is 4.02. The summed E-state index contributed by atoms with van der Waals surface area (Å²) < 4.78 is 13.5. The summed E-state index contributed by atoms with van der Waals surface area (Å²) in [6, 6.07) is 4.28. The van der Waals surface area contributed by atoms with Crippen molar-refractivity contribution in [2.24, 2.45) is 5.10 Å². The molecule has 0 radical (unpaired) electrons. The molecule has 0 aliphatic carbocycles. The zero-order chi connectivity index (χ0) is 15.4. The van der Waals surface area contributed by atoms with Gasteiger partial charge < -0.3 is 5.73 Å². The molecule has 0 bridgehead atoms. The van der Waals surface area contributed by atoms with Crippen LogP contribution in [-0.2, 0) is 6.42 Å². The van der Waals surface area contributed by atoms with Crippen LogP contribution in [0.3, 0.4) is 0 Å². The van der Waals surface area contributed by atoms with Crippen LogP contribution < -0.4 is 11.2 Å². The van der Waals surface area contributed by atoms with Crippen molar-refractivity contribution in [1.82, 2.24) is 10.4 Å². The van der Waals surface area contributed by atoms with Gasteiger partial charge in [0.1, 0.15) is 10.7 Å². The monoisotopic (exact) mass is 326 g/mol. The summed E-state index contributed by atoms with van der Waals surface area (Å²) in [6.07, 6.45) is 1.74. The minimum atomic E-state index is -0.517. The molecule has 110 valence electrons. The van der Waals surface area contributed by atoms with Crippen molar-refractivity contribution in [3.63, 3.8) is 0 Å². The Morgan fingerprint density at radius 1 is 1.62 bits per heavy atom. The zero-order valence-corrected chi connectivity index (χ0v) is 12.6. The van der Waals surface area contributed by atoms with E-state index in [0.29, 0.717) is 22.1 Å². The fraction of sp³-hybridized carbons (Fsp3) is 0.154. The third-order valence-corrected chi connectivity index (χ3v) is 3.87. The molecule has 0 saturated heterocycles. The number of hydrogen-bond acceptors (Lipinski definition) is 5. The van der Waals surface area contributed by atoms with Gasteiger partial charge in [0.15, 0.2) is 5.13 Å². The van der Waals surface area contributed by atoms with Crippen molar-refractivity contribution in [2.45, 2.75) is 13.3 Å². The summed E-state index contributed by atoms with van der Waals surface area (Å²) in [4.78, 5) is 16.4. The van der Waals surface area contributed by atoms with Crippen molar-refractivity contribution < 1.29 is 9.18 Å². The average molecular weight is 327 g/mol. The number of benzene rings is 1. The molecule has 0 unspecified atom stereocenters. The second kappa shape index (κ2) is 6.64. The normalized spacial score (nSPS) is 11.0. The number of nitrogens with zero attached hydrogens (tertiary/aromatic N) is 2. The van der Waals surface area contributed by atoms with E-state index < -0.39 is 11.7 Å². The van der Waals surface area contributed by atoms with Crippen LogP contribution in [0.15, 0.2) is 23.3 Å². The minimum absolute atomic E-state index is 0.110. The van der Waals surface area contributed by atoms with Crippen LogP contribution in [0.5, 0.6) is 0 Å². The van der Waals surface area contributed by atoms with Gasteiger partial charge in [0.2, 0.25) is 0 Å². The predicted molar refractivity (Wildman–Crippen MR) is 82.4 cm³/mol. The molecule has 0 aliphatic heterocycles. The minimum Gasteiger partial charge on any atom is -0.375 e. The van der Waals surface area contributed by atoms with Gasteiger partial charge in [-0.1, -0.05) is 35.9 Å². The molecule has 1 aromatic carbocycles. The third-order valence-electron chi connectivity index (χ3n) is 2.61. The van der Waals surface area contributed by atoms with Crippen LogP contribution in [0, 0.1) is 5.82 Å². The van der Waals surface area contributed by atoms with E-state index >= 15 is 0 Å². The molecule has 0 saturated carbocycles. The van der Waals surface area contributed by atoms with E-state index in [4.69, 9.17) is 17.3 Å². The van der Waals surface area contributed by atoms with Gasteiger partial charge >= 0.3 is 0 Å². The fourth-order valence-corrected chi connectivity index (χ4v) is 2.65. The highest BCUT2D eigenvalue weighted by molar-refractivity contribution is 7.17. The smallest absolute Gasteiger partial charge is 0.283 e. The van der Waals surface area contributed by atoms with Crippen LogP contribution >= 0.6 is 22.9 Å². The molecule has 8 heteroatoms. The van der Waals surface area contributed by atoms with Gasteiger partial charge in [-0.25, -0.2) is 14.8 Å². The highest BCUT2D eigenvalue weighted by Crippen LogP contribution is 2.21. The zero-order valence-electron chi connectivity index (χ0n) is 11.1. The number of hydrazone groups is 1. The van der Waals surface area contributed by atoms with Gasteiger partial charge in [0.25, 0.3) is 5.91 Å². The lowest BCUT2D eigenvalue weighted by Crippen LogP contribution is -2.18. The molecule has 0 fully saturated rings. The molecule has 2 rings (SSSR count). The Morgan fingerprint density at radius 2 is 2.38 bits per heavy atom. The summed E-state index contributed by atoms with van der Waals surface area (Å²) in [5, 5.41) is 4.24. The summed E-state index contributed by atoms with van der Waals surface area (Å²) in [6.45, 7) is 1.87. The van der Waals surface area contributed by atoms with Crippen molar-refractivity contribution in [3.05, 3.63) is 45.2 Å². The van der Waals surface area contributed by atoms with Crippen LogP contribution in [0.4, 0.5) is 9.52 Å². The Bertz CT molecular complexity index is 681. The van der Waals surface area contributed by atoms with Crippen molar-refractivity contribution in [3.8, 4) is 0 Å². The summed E-state index contributed by atoms with van der Waals surface area (Å²) >= 11 is 6.92. The average Bonchev–Trinajstić information content (AvgIpc) is 2.83. The topological polar surface area (TPSA) is 80.4 Å². The molecular weight excluding hydrogens is 315 g/mol. The number of nitrogen functional groups attached to an aromatic ring is 1. The number of hydrogen-bond donors (Lipinski definition) is 2. The Balaban J connectivity index is 2.12. The van der Waals surface area contributed by atoms with Gasteiger partial charge in [0, 0.05) is 5.56 Å². The lowest BCUT2D eigenvalue weighted by atomic mass is 10.2. The van der Waals surface area contributed by atoms with E-state index in [0.717, 1.165) is 17.6 Å². The number of nitrogens with one attached hydrogen (secondary N) is 1. The summed E-state index contributed by atoms with van der Waals surface area (Å²) in [7, 11) is 0. The Hall–Kier alpha value is -1.99. The Labute approximate surface area is 129 Å². The quantitative estimate of drug-likeness (QED) is 0.669. The summed E-state index contributed by atoms with van der Waals surface area (Å²) in [5.41, 5.74) is 8.60. The number of aromatic nitrogens is 1. The molecular formula is C13H12ClFN4OS. The van der Waals surface area contributed by atoms with Gasteiger partial charge in [-0.05, 0) is 18.6 Å². The number of nitrogens with two attached hydrogens (primary N) is 1. The molecule has 0 aliphatic rings. The third kappa shape index (κ3) is 3.56. The first-order chi connectivity index (χ1) is 10.0. The van der Waals surface area contributed by atoms with Gasteiger partial charge in [-0.3, -0.25) is 4.79 Å². The van der Waals surface area contributed by atoms with E-state index in [1.165, 1.54) is 18.2 Å². The van der Waals surface area contributed by atoms with E-state index in [9.17, 15) is 9.18 Å². The number of amides is 1. The van der Waals surface area contributed by atoms with Gasteiger partial charge in [0.05, 0.1) is 16.9 Å². The first kappa shape index (κ1) is 15.4. The van der Waals surface area contributed by atoms with Gasteiger partial charge in [-0.15, -0.1) is 0 Å². The van der Waals surface area contributed by atoms with Gasteiger partial charge in [-0.2, -0.15) is 5.10 Å². The standard InChI is InChI=1S/C13H12ClFN4OS/c1-2-10-11(21-13(16)18-10)12(20)19-17-6-7-8(14)4-3-5-9(7)15/h3-6H,2H2,1H3,(H2,16,18)(H,19,20)/b17-6-. The van der Waals surface area contributed by atoms with Crippen molar-refractivity contribution in [1.29, 1.82) is 0 Å². The molecule has 5 nitrogen and oxygen atoms in total. The molecule has 1 aromatic heterocycles. The van der Waals surface area contributed by atoms with E-state index in [-0.39, 0.29) is 10.6 Å². The number of carbonyl (C=O) groups excluding carboxylic acids is 1. The molecule has 0 spiro atoms. The Morgan fingerprint density at radius 3 is 3.05 bits per heavy atom. The maximum Gasteiger partial charge on any atom is 0.283 e. The van der Waals surface area contributed by atoms with E-state index in [2.05, 4.69) is 15.5 Å². The number of aryl methyl sites for hydroxylation is 1. The largest absolute Gasteiger partial charge is 0.375 e.